The van der Waals surface area contributed by atoms with E-state index in [4.69, 9.17) is 10.5 Å². The fraction of sp³-hybridized carbons (Fsp3) is 0.214. The van der Waals surface area contributed by atoms with Gasteiger partial charge in [-0.25, -0.2) is 4.79 Å². The van der Waals surface area contributed by atoms with Crippen LogP contribution in [-0.2, 0) is 14.3 Å². The number of aromatic nitrogens is 2. The quantitative estimate of drug-likeness (QED) is 0.840. The van der Waals surface area contributed by atoms with E-state index in [-0.39, 0.29) is 6.61 Å². The van der Waals surface area contributed by atoms with Gasteiger partial charge in [0.05, 0.1) is 12.8 Å². The summed E-state index contributed by atoms with van der Waals surface area (Å²) in [4.78, 5) is 23.9. The van der Waals surface area contributed by atoms with Crippen LogP contribution in [0, 0.1) is 0 Å². The summed E-state index contributed by atoms with van der Waals surface area (Å²) >= 11 is 1.60. The van der Waals surface area contributed by atoms with E-state index in [1.54, 1.807) is 23.5 Å². The molecule has 2 heterocycles. The lowest BCUT2D eigenvalue weighted by Crippen LogP contribution is -2.37. The topological polar surface area (TPSA) is 96.4 Å². The Morgan fingerprint density at radius 2 is 2.27 bits per heavy atom. The van der Waals surface area contributed by atoms with Crippen LogP contribution in [0.1, 0.15) is 10.6 Å². The maximum atomic E-state index is 11.8. The fourth-order valence-corrected chi connectivity index (χ4v) is 2.15. The van der Waals surface area contributed by atoms with Crippen molar-refractivity contribution >= 4 is 35.6 Å². The van der Waals surface area contributed by atoms with Gasteiger partial charge in [0.2, 0.25) is 0 Å². The lowest BCUT2D eigenvalue weighted by atomic mass is 10.3. The Labute approximate surface area is 130 Å². The number of nitrogens with two attached hydrogens (primary N) is 1. The molecule has 0 aliphatic rings. The lowest BCUT2D eigenvalue weighted by molar-refractivity contribution is -0.143. The minimum Gasteiger partial charge on any atom is -0.468 e. The molecule has 1 unspecified atom stereocenters. The molecule has 116 valence electrons. The van der Waals surface area contributed by atoms with Crippen molar-refractivity contribution < 1.29 is 19.1 Å². The van der Waals surface area contributed by atoms with Gasteiger partial charge in [-0.2, -0.15) is 9.78 Å². The van der Waals surface area contributed by atoms with E-state index < -0.39 is 18.1 Å². The van der Waals surface area contributed by atoms with Gasteiger partial charge in [0.1, 0.15) is 12.6 Å². The third-order valence-corrected chi connectivity index (χ3v) is 3.49. The molecular weight excluding hydrogens is 306 g/mol. The van der Waals surface area contributed by atoms with E-state index in [1.165, 1.54) is 13.3 Å². The van der Waals surface area contributed by atoms with Gasteiger partial charge < -0.3 is 15.2 Å². The fourth-order valence-electron chi connectivity index (χ4n) is 1.53. The number of ether oxygens (including phenoxy) is 2. The third kappa shape index (κ3) is 4.27. The number of carbonyl (C=O) groups excluding carboxylic acids is 2. The molecule has 0 bridgehead atoms. The van der Waals surface area contributed by atoms with Crippen LogP contribution in [-0.4, -0.2) is 41.6 Å². The van der Waals surface area contributed by atoms with Crippen molar-refractivity contribution in [3.8, 4) is 0 Å². The number of rotatable bonds is 5. The summed E-state index contributed by atoms with van der Waals surface area (Å²) < 4.78 is 10.4. The molecule has 22 heavy (non-hydrogen) atoms. The first kappa shape index (κ1) is 15.9. The SMILES string of the molecule is COC(=O)C(N)COC(=O)n1ccc(/C=C/c2cccs2)n1. The standard InChI is InChI=1S/C14H15N3O4S/c1-20-13(18)12(15)9-21-14(19)17-7-6-10(16-17)4-5-11-3-2-8-22-11/h2-8,12H,9,15H2,1H3/b5-4+. The molecule has 1 atom stereocenters. The molecule has 0 amide bonds. The molecule has 0 saturated heterocycles. The van der Waals surface area contributed by atoms with Crippen molar-refractivity contribution in [3.05, 3.63) is 40.3 Å². The van der Waals surface area contributed by atoms with Gasteiger partial charge in [-0.1, -0.05) is 6.07 Å². The van der Waals surface area contributed by atoms with Gasteiger partial charge in [0, 0.05) is 11.1 Å². The summed E-state index contributed by atoms with van der Waals surface area (Å²) in [5, 5.41) is 6.03. The molecule has 0 aliphatic heterocycles. The normalized spacial score (nSPS) is 12.3. The molecule has 2 rings (SSSR count). The van der Waals surface area contributed by atoms with Crippen molar-refractivity contribution in [1.29, 1.82) is 0 Å². The molecule has 0 aliphatic carbocycles. The van der Waals surface area contributed by atoms with Crippen molar-refractivity contribution in [2.24, 2.45) is 5.73 Å². The Balaban J connectivity index is 1.90. The summed E-state index contributed by atoms with van der Waals surface area (Å²) in [6.07, 6.45) is 4.45. The highest BCUT2D eigenvalue weighted by atomic mass is 32.1. The monoisotopic (exact) mass is 321 g/mol. The van der Waals surface area contributed by atoms with Crippen LogP contribution >= 0.6 is 11.3 Å². The Morgan fingerprint density at radius 3 is 2.95 bits per heavy atom. The zero-order chi connectivity index (χ0) is 15.9. The highest BCUT2D eigenvalue weighted by molar-refractivity contribution is 7.10. The third-order valence-electron chi connectivity index (χ3n) is 2.65. The maximum Gasteiger partial charge on any atom is 0.434 e. The van der Waals surface area contributed by atoms with E-state index in [0.29, 0.717) is 5.69 Å². The summed E-state index contributed by atoms with van der Waals surface area (Å²) in [6, 6.07) is 4.58. The van der Waals surface area contributed by atoms with Gasteiger partial charge in [0.25, 0.3) is 0 Å². The number of nitrogens with zero attached hydrogens (tertiary/aromatic N) is 2. The van der Waals surface area contributed by atoms with Crippen LogP contribution in [0.4, 0.5) is 4.79 Å². The lowest BCUT2D eigenvalue weighted by Gasteiger charge is -2.09. The maximum absolute atomic E-state index is 11.8. The average Bonchev–Trinajstić information content (AvgIpc) is 3.20. The van der Waals surface area contributed by atoms with E-state index in [1.807, 2.05) is 23.6 Å². The molecule has 2 aromatic heterocycles. The van der Waals surface area contributed by atoms with Crippen LogP contribution in [0.2, 0.25) is 0 Å². The molecule has 0 fully saturated rings. The molecule has 7 nitrogen and oxygen atoms in total. The van der Waals surface area contributed by atoms with Crippen LogP contribution in [0.15, 0.2) is 29.8 Å². The predicted molar refractivity (Wildman–Crippen MR) is 82.2 cm³/mol. The largest absolute Gasteiger partial charge is 0.468 e. The zero-order valence-corrected chi connectivity index (χ0v) is 12.7. The summed E-state index contributed by atoms with van der Waals surface area (Å²) in [5.74, 6) is -0.646. The number of hydrogen-bond acceptors (Lipinski definition) is 7. The summed E-state index contributed by atoms with van der Waals surface area (Å²) in [5.41, 5.74) is 6.08. The zero-order valence-electron chi connectivity index (χ0n) is 11.8. The minimum absolute atomic E-state index is 0.272. The summed E-state index contributed by atoms with van der Waals surface area (Å²) in [7, 11) is 1.21. The van der Waals surface area contributed by atoms with E-state index in [2.05, 4.69) is 9.84 Å². The van der Waals surface area contributed by atoms with Gasteiger partial charge in [0.15, 0.2) is 0 Å². The Hall–Kier alpha value is -2.45. The van der Waals surface area contributed by atoms with E-state index in [0.717, 1.165) is 9.56 Å². The van der Waals surface area contributed by atoms with Crippen molar-refractivity contribution in [1.82, 2.24) is 9.78 Å². The van der Waals surface area contributed by atoms with Crippen LogP contribution < -0.4 is 5.73 Å². The van der Waals surface area contributed by atoms with Crippen LogP contribution in [0.3, 0.4) is 0 Å². The smallest absolute Gasteiger partial charge is 0.434 e. The number of hydrogen-bond donors (Lipinski definition) is 1. The van der Waals surface area contributed by atoms with Gasteiger partial charge in [-0.15, -0.1) is 11.3 Å². The van der Waals surface area contributed by atoms with Crippen LogP contribution in [0.5, 0.6) is 0 Å². The predicted octanol–water partition coefficient (Wildman–Crippen LogP) is 1.60. The second kappa shape index (κ2) is 7.53. The first-order valence-electron chi connectivity index (χ1n) is 6.38. The Morgan fingerprint density at radius 1 is 1.45 bits per heavy atom. The van der Waals surface area contributed by atoms with Gasteiger partial charge in [-0.05, 0) is 29.7 Å². The number of thiophene rings is 1. The van der Waals surface area contributed by atoms with Gasteiger partial charge >= 0.3 is 12.1 Å². The molecule has 2 aromatic rings. The number of carbonyl (C=O) groups is 2. The van der Waals surface area contributed by atoms with E-state index in [9.17, 15) is 9.59 Å². The van der Waals surface area contributed by atoms with E-state index >= 15 is 0 Å². The van der Waals surface area contributed by atoms with Crippen LogP contribution in [0.25, 0.3) is 12.2 Å². The number of methoxy groups -OCH3 is 1. The first-order valence-corrected chi connectivity index (χ1v) is 7.26. The molecule has 8 heteroatoms. The minimum atomic E-state index is -1.01. The van der Waals surface area contributed by atoms with Crippen molar-refractivity contribution in [2.75, 3.05) is 13.7 Å². The van der Waals surface area contributed by atoms with Gasteiger partial charge in [-0.3, -0.25) is 4.79 Å². The first-order chi connectivity index (χ1) is 10.6. The van der Waals surface area contributed by atoms with Crippen molar-refractivity contribution in [3.63, 3.8) is 0 Å². The highest BCUT2D eigenvalue weighted by Gasteiger charge is 2.17. The number of esters is 1. The molecule has 0 spiro atoms. The molecular formula is C14H15N3O4S. The molecule has 0 saturated carbocycles. The second-order valence-corrected chi connectivity index (χ2v) is 5.22. The molecule has 0 aromatic carbocycles. The molecule has 2 N–H and O–H groups in total. The van der Waals surface area contributed by atoms with Crippen molar-refractivity contribution in [2.45, 2.75) is 6.04 Å². The second-order valence-electron chi connectivity index (χ2n) is 4.24. The Bertz CT molecular complexity index is 663. The Kier molecular flexibility index (Phi) is 5.45. The molecule has 0 radical (unpaired) electrons. The summed E-state index contributed by atoms with van der Waals surface area (Å²) in [6.45, 7) is -0.272. The highest BCUT2D eigenvalue weighted by Crippen LogP contribution is 2.12. The average molecular weight is 321 g/mol.